The molecule has 0 amide bonds. The highest BCUT2D eigenvalue weighted by Gasteiger charge is 2.54. The Hall–Kier alpha value is -1.34. The van der Waals surface area contributed by atoms with Crippen molar-refractivity contribution in [3.05, 3.63) is 22.8 Å². The lowest BCUT2D eigenvalue weighted by atomic mass is 9.85. The van der Waals surface area contributed by atoms with Crippen LogP contribution in [0.2, 0.25) is 0 Å². The third-order valence-electron chi connectivity index (χ3n) is 4.48. The van der Waals surface area contributed by atoms with E-state index in [1.54, 1.807) is 6.92 Å². The third kappa shape index (κ3) is 2.02. The summed E-state index contributed by atoms with van der Waals surface area (Å²) in [6.45, 7) is 3.43. The highest BCUT2D eigenvalue weighted by atomic mass is 16.7. The summed E-state index contributed by atoms with van der Waals surface area (Å²) in [6.07, 6.45) is -1.27. The first-order chi connectivity index (χ1) is 9.86. The zero-order chi connectivity index (χ0) is 15.4. The van der Waals surface area contributed by atoms with E-state index in [2.05, 4.69) is 0 Å². The van der Waals surface area contributed by atoms with Crippen molar-refractivity contribution >= 4 is 0 Å². The Kier molecular flexibility index (Phi) is 3.37. The van der Waals surface area contributed by atoms with Crippen LogP contribution < -0.4 is 0 Å². The van der Waals surface area contributed by atoms with Gasteiger partial charge >= 0.3 is 0 Å². The molecule has 0 radical (unpaired) electrons. The summed E-state index contributed by atoms with van der Waals surface area (Å²) < 4.78 is 11.4. The SMILES string of the molecule is Cc1c(O)cc2c(c1O)CO[C@@]1(O[C@@H](C)CC[C@@H]1O)[C@@H]2O. The van der Waals surface area contributed by atoms with Crippen LogP contribution in [-0.2, 0) is 16.1 Å². The van der Waals surface area contributed by atoms with Gasteiger partial charge in [0.15, 0.2) is 0 Å². The molecule has 4 atom stereocenters. The minimum Gasteiger partial charge on any atom is -0.508 e. The van der Waals surface area contributed by atoms with Gasteiger partial charge in [0, 0.05) is 11.1 Å². The predicted molar refractivity (Wildman–Crippen MR) is 72.8 cm³/mol. The summed E-state index contributed by atoms with van der Waals surface area (Å²) in [6, 6.07) is 1.40. The molecule has 6 nitrogen and oxygen atoms in total. The summed E-state index contributed by atoms with van der Waals surface area (Å²) in [5.41, 5.74) is 1.08. The first kappa shape index (κ1) is 14.6. The molecule has 0 saturated carbocycles. The maximum Gasteiger partial charge on any atom is 0.226 e. The lowest BCUT2D eigenvalue weighted by Gasteiger charge is -2.48. The van der Waals surface area contributed by atoms with Crippen LogP contribution in [0.15, 0.2) is 6.07 Å². The topological polar surface area (TPSA) is 99.4 Å². The maximum absolute atomic E-state index is 10.6. The lowest BCUT2D eigenvalue weighted by Crippen LogP contribution is -2.58. The minimum atomic E-state index is -1.54. The first-order valence-corrected chi connectivity index (χ1v) is 7.09. The second kappa shape index (κ2) is 4.84. The van der Waals surface area contributed by atoms with Crippen LogP contribution in [0.25, 0.3) is 0 Å². The van der Waals surface area contributed by atoms with Crippen LogP contribution >= 0.6 is 0 Å². The number of aliphatic hydroxyl groups is 2. The lowest BCUT2D eigenvalue weighted by molar-refractivity contribution is -0.365. The molecule has 0 bridgehead atoms. The molecule has 6 heteroatoms. The molecule has 1 aromatic rings. The standard InChI is InChI=1S/C15H20O6/c1-7-3-4-12(17)15(21-7)14(19)9-5-11(16)8(2)13(18)10(9)6-20-15/h5,7,12,14,16-19H,3-4,6H2,1-2H3/t7-,12-,14+,15-/m0/s1. The molecule has 3 rings (SSSR count). The zero-order valence-electron chi connectivity index (χ0n) is 12.0. The number of phenols is 2. The molecule has 1 saturated heterocycles. The third-order valence-corrected chi connectivity index (χ3v) is 4.48. The Bertz CT molecular complexity index is 572. The fourth-order valence-corrected chi connectivity index (χ4v) is 3.13. The van der Waals surface area contributed by atoms with E-state index < -0.39 is 18.0 Å². The average Bonchev–Trinajstić information content (AvgIpc) is 2.45. The second-order valence-corrected chi connectivity index (χ2v) is 5.87. The molecule has 0 aliphatic carbocycles. The molecule has 1 fully saturated rings. The average molecular weight is 296 g/mol. The number of rotatable bonds is 0. The molecule has 0 aromatic heterocycles. The molecule has 4 N–H and O–H groups in total. The van der Waals surface area contributed by atoms with E-state index in [4.69, 9.17) is 9.47 Å². The summed E-state index contributed by atoms with van der Waals surface area (Å²) in [4.78, 5) is 0. The molecule has 0 unspecified atom stereocenters. The van der Waals surface area contributed by atoms with Crippen molar-refractivity contribution in [2.75, 3.05) is 0 Å². The first-order valence-electron chi connectivity index (χ1n) is 7.09. The summed E-state index contributed by atoms with van der Waals surface area (Å²) in [5.74, 6) is -1.75. The molecular formula is C15H20O6. The van der Waals surface area contributed by atoms with Crippen LogP contribution in [0.1, 0.15) is 42.6 Å². The zero-order valence-corrected chi connectivity index (χ0v) is 12.0. The Morgan fingerprint density at radius 3 is 2.67 bits per heavy atom. The van der Waals surface area contributed by atoms with E-state index in [9.17, 15) is 20.4 Å². The number of aromatic hydroxyl groups is 2. The summed E-state index contributed by atoms with van der Waals surface area (Å²) in [7, 11) is 0. The van der Waals surface area contributed by atoms with Gasteiger partial charge < -0.3 is 29.9 Å². The van der Waals surface area contributed by atoms with Gasteiger partial charge in [-0.1, -0.05) is 0 Å². The predicted octanol–water partition coefficient (Wildman–Crippen LogP) is 1.23. The van der Waals surface area contributed by atoms with E-state index in [-0.39, 0.29) is 24.2 Å². The van der Waals surface area contributed by atoms with Crippen LogP contribution in [0.4, 0.5) is 0 Å². The number of hydrogen-bond acceptors (Lipinski definition) is 6. The number of hydrogen-bond donors (Lipinski definition) is 4. The molecule has 1 aromatic carbocycles. The minimum absolute atomic E-state index is 0.00310. The Morgan fingerprint density at radius 2 is 1.95 bits per heavy atom. The molecule has 2 aliphatic rings. The fourth-order valence-electron chi connectivity index (χ4n) is 3.13. The largest absolute Gasteiger partial charge is 0.508 e. The van der Waals surface area contributed by atoms with E-state index in [0.717, 1.165) is 0 Å². The monoisotopic (exact) mass is 296 g/mol. The van der Waals surface area contributed by atoms with Gasteiger partial charge in [-0.15, -0.1) is 0 Å². The van der Waals surface area contributed by atoms with Crippen molar-refractivity contribution in [1.82, 2.24) is 0 Å². The fraction of sp³-hybridized carbons (Fsp3) is 0.600. The van der Waals surface area contributed by atoms with Crippen LogP contribution in [0.3, 0.4) is 0 Å². The second-order valence-electron chi connectivity index (χ2n) is 5.87. The van der Waals surface area contributed by atoms with Gasteiger partial charge in [-0.2, -0.15) is 0 Å². The van der Waals surface area contributed by atoms with Gasteiger partial charge in [0.1, 0.15) is 23.7 Å². The van der Waals surface area contributed by atoms with Gasteiger partial charge in [0.05, 0.1) is 12.7 Å². The van der Waals surface area contributed by atoms with E-state index in [0.29, 0.717) is 29.5 Å². The van der Waals surface area contributed by atoms with Gasteiger partial charge in [-0.3, -0.25) is 0 Å². The molecule has 1 spiro atoms. The van der Waals surface area contributed by atoms with Gasteiger partial charge in [0.25, 0.3) is 0 Å². The van der Waals surface area contributed by atoms with E-state index in [1.807, 2.05) is 6.92 Å². The summed E-state index contributed by atoms with van der Waals surface area (Å²) in [5, 5.41) is 40.8. The van der Waals surface area contributed by atoms with Gasteiger partial charge in [0.2, 0.25) is 5.79 Å². The number of benzene rings is 1. The number of aliphatic hydroxyl groups excluding tert-OH is 2. The molecular weight excluding hydrogens is 276 g/mol. The van der Waals surface area contributed by atoms with Crippen LogP contribution in [0.5, 0.6) is 11.5 Å². The van der Waals surface area contributed by atoms with Crippen molar-refractivity contribution < 1.29 is 29.9 Å². The Labute approximate surface area is 122 Å². The van der Waals surface area contributed by atoms with Crippen molar-refractivity contribution in [2.24, 2.45) is 0 Å². The van der Waals surface area contributed by atoms with E-state index in [1.165, 1.54) is 6.07 Å². The van der Waals surface area contributed by atoms with E-state index >= 15 is 0 Å². The highest BCUT2D eigenvalue weighted by Crippen LogP contribution is 2.48. The van der Waals surface area contributed by atoms with Crippen LogP contribution in [-0.4, -0.2) is 38.4 Å². The number of ether oxygens (including phenoxy) is 2. The smallest absolute Gasteiger partial charge is 0.226 e. The molecule has 116 valence electrons. The van der Waals surface area contributed by atoms with Crippen LogP contribution in [0, 0.1) is 6.92 Å². The Morgan fingerprint density at radius 1 is 1.24 bits per heavy atom. The van der Waals surface area contributed by atoms with Gasteiger partial charge in [-0.25, -0.2) is 0 Å². The van der Waals surface area contributed by atoms with Crippen molar-refractivity contribution in [3.8, 4) is 11.5 Å². The molecule has 2 heterocycles. The quantitative estimate of drug-likeness (QED) is 0.574. The highest BCUT2D eigenvalue weighted by molar-refractivity contribution is 5.53. The van der Waals surface area contributed by atoms with Crippen molar-refractivity contribution in [3.63, 3.8) is 0 Å². The molecule has 2 aliphatic heterocycles. The normalized spacial score (nSPS) is 35.7. The summed E-state index contributed by atoms with van der Waals surface area (Å²) >= 11 is 0. The molecule has 21 heavy (non-hydrogen) atoms. The number of fused-ring (bicyclic) bond motifs is 1. The van der Waals surface area contributed by atoms with Crippen molar-refractivity contribution in [1.29, 1.82) is 0 Å². The van der Waals surface area contributed by atoms with Crippen molar-refractivity contribution in [2.45, 2.75) is 57.4 Å². The maximum atomic E-state index is 10.6. The van der Waals surface area contributed by atoms with Gasteiger partial charge in [-0.05, 0) is 38.3 Å². The number of phenolic OH excluding ortho intramolecular Hbond substituents is 2. The Balaban J connectivity index is 2.08.